The smallest absolute Gasteiger partial charge is 0.267 e. The van der Waals surface area contributed by atoms with Crippen LogP contribution in [0.3, 0.4) is 0 Å². The van der Waals surface area contributed by atoms with E-state index in [4.69, 9.17) is 0 Å². The van der Waals surface area contributed by atoms with Crippen molar-refractivity contribution >= 4 is 11.3 Å². The minimum absolute atomic E-state index is 0.131. The Morgan fingerprint density at radius 1 is 1.00 bits per heavy atom. The number of aromatic nitrogens is 3. The molecule has 5 heteroatoms. The summed E-state index contributed by atoms with van der Waals surface area (Å²) in [6.07, 6.45) is 1.86. The third-order valence-corrected chi connectivity index (χ3v) is 4.65. The van der Waals surface area contributed by atoms with Crippen LogP contribution in [0.2, 0.25) is 0 Å². The number of thiophene rings is 1. The zero-order valence-electron chi connectivity index (χ0n) is 12.1. The van der Waals surface area contributed by atoms with Gasteiger partial charge in [-0.25, -0.2) is 5.10 Å². The molecule has 1 N–H and O–H groups in total. The van der Waals surface area contributed by atoms with E-state index in [1.165, 1.54) is 0 Å². The number of nitrogens with zero attached hydrogens (tertiary/aromatic N) is 2. The number of aromatic amines is 1. The SMILES string of the molecule is Cc1ccc(-c2ccc(-c3n[nH]c(=O)c(C)c3C)s2)nc1. The first-order chi connectivity index (χ1) is 10.1. The Bertz CT molecular complexity index is 847. The Morgan fingerprint density at radius 2 is 1.76 bits per heavy atom. The Morgan fingerprint density at radius 3 is 2.48 bits per heavy atom. The van der Waals surface area contributed by atoms with Crippen molar-refractivity contribution in [3.8, 4) is 21.1 Å². The van der Waals surface area contributed by atoms with Crippen LogP contribution < -0.4 is 5.56 Å². The highest BCUT2D eigenvalue weighted by Gasteiger charge is 2.12. The van der Waals surface area contributed by atoms with Gasteiger partial charge in [-0.1, -0.05) is 6.07 Å². The van der Waals surface area contributed by atoms with Gasteiger partial charge >= 0.3 is 0 Å². The fraction of sp³-hybridized carbons (Fsp3) is 0.188. The van der Waals surface area contributed by atoms with Crippen molar-refractivity contribution in [3.05, 3.63) is 57.5 Å². The zero-order chi connectivity index (χ0) is 15.0. The maximum absolute atomic E-state index is 11.6. The fourth-order valence-electron chi connectivity index (χ4n) is 2.08. The fourth-order valence-corrected chi connectivity index (χ4v) is 3.11. The average Bonchev–Trinajstić information content (AvgIpc) is 2.95. The van der Waals surface area contributed by atoms with Crippen molar-refractivity contribution in [2.75, 3.05) is 0 Å². The second kappa shape index (κ2) is 5.26. The van der Waals surface area contributed by atoms with Crippen molar-refractivity contribution in [2.24, 2.45) is 0 Å². The molecule has 4 nitrogen and oxygen atoms in total. The topological polar surface area (TPSA) is 58.6 Å². The summed E-state index contributed by atoms with van der Waals surface area (Å²) in [7, 11) is 0. The molecule has 0 atom stereocenters. The minimum atomic E-state index is -0.131. The molecular weight excluding hydrogens is 282 g/mol. The molecular formula is C16H15N3OS. The van der Waals surface area contributed by atoms with Crippen LogP contribution in [-0.4, -0.2) is 15.2 Å². The van der Waals surface area contributed by atoms with Crippen LogP contribution in [0.1, 0.15) is 16.7 Å². The lowest BCUT2D eigenvalue weighted by Crippen LogP contribution is -2.13. The van der Waals surface area contributed by atoms with Gasteiger partial charge in [-0.2, -0.15) is 5.10 Å². The van der Waals surface area contributed by atoms with Crippen LogP contribution in [0.15, 0.2) is 35.3 Å². The molecule has 0 saturated carbocycles. The summed E-state index contributed by atoms with van der Waals surface area (Å²) in [4.78, 5) is 18.1. The van der Waals surface area contributed by atoms with E-state index < -0.39 is 0 Å². The molecule has 3 aromatic heterocycles. The lowest BCUT2D eigenvalue weighted by atomic mass is 10.1. The first kappa shape index (κ1) is 13.7. The third-order valence-electron chi connectivity index (χ3n) is 3.53. The number of aryl methyl sites for hydroxylation is 1. The van der Waals surface area contributed by atoms with Crippen molar-refractivity contribution in [3.63, 3.8) is 0 Å². The first-order valence-electron chi connectivity index (χ1n) is 6.65. The molecule has 0 fully saturated rings. The number of pyridine rings is 1. The molecule has 0 aliphatic carbocycles. The Balaban J connectivity index is 2.04. The first-order valence-corrected chi connectivity index (χ1v) is 7.47. The van der Waals surface area contributed by atoms with Crippen LogP contribution in [0, 0.1) is 20.8 Å². The maximum atomic E-state index is 11.6. The number of nitrogens with one attached hydrogen (secondary N) is 1. The molecule has 0 aliphatic rings. The number of hydrogen-bond donors (Lipinski definition) is 1. The largest absolute Gasteiger partial charge is 0.268 e. The van der Waals surface area contributed by atoms with Gasteiger partial charge in [0, 0.05) is 11.8 Å². The predicted molar refractivity (Wildman–Crippen MR) is 85.6 cm³/mol. The van der Waals surface area contributed by atoms with Crippen molar-refractivity contribution in [2.45, 2.75) is 20.8 Å². The van der Waals surface area contributed by atoms with E-state index in [0.29, 0.717) is 5.56 Å². The van der Waals surface area contributed by atoms with E-state index in [1.54, 1.807) is 11.3 Å². The lowest BCUT2D eigenvalue weighted by molar-refractivity contribution is 0.961. The van der Waals surface area contributed by atoms with Crippen LogP contribution in [-0.2, 0) is 0 Å². The maximum Gasteiger partial charge on any atom is 0.267 e. The summed E-state index contributed by atoms with van der Waals surface area (Å²) in [5.41, 5.74) is 4.43. The summed E-state index contributed by atoms with van der Waals surface area (Å²) >= 11 is 1.63. The Hall–Kier alpha value is -2.27. The second-order valence-corrected chi connectivity index (χ2v) is 6.12. The van der Waals surface area contributed by atoms with Crippen LogP contribution >= 0.6 is 11.3 Å². The predicted octanol–water partition coefficient (Wildman–Crippen LogP) is 3.49. The Kier molecular flexibility index (Phi) is 3.43. The highest BCUT2D eigenvalue weighted by Crippen LogP contribution is 2.33. The summed E-state index contributed by atoms with van der Waals surface area (Å²) in [6, 6.07) is 8.13. The van der Waals surface area contributed by atoms with Gasteiger partial charge in [0.2, 0.25) is 0 Å². The molecule has 21 heavy (non-hydrogen) atoms. The van der Waals surface area contributed by atoms with Gasteiger partial charge in [0.15, 0.2) is 0 Å². The van der Waals surface area contributed by atoms with Crippen molar-refractivity contribution < 1.29 is 0 Å². The van der Waals surface area contributed by atoms with Crippen LogP contribution in [0.25, 0.3) is 21.1 Å². The molecule has 0 unspecified atom stereocenters. The lowest BCUT2D eigenvalue weighted by Gasteiger charge is -2.03. The molecule has 0 saturated heterocycles. The quantitative estimate of drug-likeness (QED) is 0.787. The molecule has 0 aliphatic heterocycles. The normalized spacial score (nSPS) is 10.8. The summed E-state index contributed by atoms with van der Waals surface area (Å²) in [5.74, 6) is 0. The summed E-state index contributed by atoms with van der Waals surface area (Å²) in [5, 5.41) is 6.73. The van der Waals surface area contributed by atoms with E-state index in [0.717, 1.165) is 32.3 Å². The minimum Gasteiger partial charge on any atom is -0.268 e. The average molecular weight is 297 g/mol. The van der Waals surface area contributed by atoms with Gasteiger partial charge in [0.25, 0.3) is 5.56 Å². The van der Waals surface area contributed by atoms with E-state index in [-0.39, 0.29) is 5.56 Å². The van der Waals surface area contributed by atoms with Gasteiger partial charge in [0.1, 0.15) is 5.69 Å². The van der Waals surface area contributed by atoms with Gasteiger partial charge < -0.3 is 0 Å². The molecule has 0 amide bonds. The Labute approximate surface area is 126 Å². The monoisotopic (exact) mass is 297 g/mol. The molecule has 0 aromatic carbocycles. The van der Waals surface area contributed by atoms with E-state index in [9.17, 15) is 4.79 Å². The number of H-pyrrole nitrogens is 1. The molecule has 0 bridgehead atoms. The van der Waals surface area contributed by atoms with E-state index in [2.05, 4.69) is 21.2 Å². The standard InChI is InChI=1S/C16H15N3OS/c1-9-4-5-12(17-8-9)13-6-7-14(21-13)15-10(2)11(3)16(20)19-18-15/h4-8H,1-3H3,(H,19,20). The second-order valence-electron chi connectivity index (χ2n) is 5.04. The summed E-state index contributed by atoms with van der Waals surface area (Å²) < 4.78 is 0. The van der Waals surface area contributed by atoms with E-state index >= 15 is 0 Å². The number of hydrogen-bond acceptors (Lipinski definition) is 4. The van der Waals surface area contributed by atoms with E-state index in [1.807, 2.05) is 45.2 Å². The van der Waals surface area contributed by atoms with Crippen LogP contribution in [0.5, 0.6) is 0 Å². The third kappa shape index (κ3) is 2.52. The molecule has 0 radical (unpaired) electrons. The van der Waals surface area contributed by atoms with Crippen molar-refractivity contribution in [1.82, 2.24) is 15.2 Å². The molecule has 0 spiro atoms. The van der Waals surface area contributed by atoms with Crippen molar-refractivity contribution in [1.29, 1.82) is 0 Å². The van der Waals surface area contributed by atoms with Crippen LogP contribution in [0.4, 0.5) is 0 Å². The molecule has 3 aromatic rings. The number of rotatable bonds is 2. The molecule has 106 valence electrons. The van der Waals surface area contributed by atoms with Gasteiger partial charge in [0.05, 0.1) is 15.4 Å². The van der Waals surface area contributed by atoms with Gasteiger partial charge in [-0.3, -0.25) is 9.78 Å². The highest BCUT2D eigenvalue weighted by molar-refractivity contribution is 7.18. The van der Waals surface area contributed by atoms with Gasteiger partial charge in [-0.15, -0.1) is 11.3 Å². The molecule has 3 rings (SSSR count). The zero-order valence-corrected chi connectivity index (χ0v) is 12.9. The molecule has 3 heterocycles. The van der Waals surface area contributed by atoms with Gasteiger partial charge in [-0.05, 0) is 50.1 Å². The summed E-state index contributed by atoms with van der Waals surface area (Å²) in [6.45, 7) is 5.76. The highest BCUT2D eigenvalue weighted by atomic mass is 32.1.